The molecular weight excluding hydrogens is 346 g/mol. The highest BCUT2D eigenvalue weighted by molar-refractivity contribution is 9.10. The maximum absolute atomic E-state index is 9.83. The predicted molar refractivity (Wildman–Crippen MR) is 82.0 cm³/mol. The predicted octanol–water partition coefficient (Wildman–Crippen LogP) is 3.69. The van der Waals surface area contributed by atoms with Crippen molar-refractivity contribution < 1.29 is 14.3 Å². The number of nitrogens with one attached hydrogen (secondary N) is 1. The Balaban J connectivity index is 1.71. The van der Waals surface area contributed by atoms with Crippen LogP contribution in [-0.4, -0.2) is 24.4 Å². The summed E-state index contributed by atoms with van der Waals surface area (Å²) < 4.78 is 11.4. The maximum Gasteiger partial charge on any atom is 0.129 e. The van der Waals surface area contributed by atoms with Gasteiger partial charge < -0.3 is 19.6 Å². The van der Waals surface area contributed by atoms with Gasteiger partial charge in [-0.05, 0) is 46.3 Å². The number of aliphatic hydroxyl groups excluding tert-OH is 1. The lowest BCUT2D eigenvalue weighted by Crippen LogP contribution is -2.24. The Morgan fingerprint density at radius 3 is 3.00 bits per heavy atom. The number of anilines is 1. The maximum atomic E-state index is 9.83. The van der Waals surface area contributed by atoms with Gasteiger partial charge >= 0.3 is 0 Å². The first-order valence-electron chi connectivity index (χ1n) is 6.12. The van der Waals surface area contributed by atoms with Crippen molar-refractivity contribution in [1.29, 1.82) is 0 Å². The topological polar surface area (TPSA) is 54.6 Å². The minimum Gasteiger partial charge on any atom is -0.467 e. The molecule has 4 nitrogen and oxygen atoms in total. The van der Waals surface area contributed by atoms with Crippen LogP contribution in [0.3, 0.4) is 0 Å². The van der Waals surface area contributed by atoms with Crippen LogP contribution < -0.4 is 5.32 Å². The SMILES string of the molecule is OC(CNc1cc(Cl)ccc1Br)COCc1ccco1. The third-order valence-electron chi connectivity index (χ3n) is 2.59. The van der Waals surface area contributed by atoms with Crippen molar-refractivity contribution in [2.75, 3.05) is 18.5 Å². The Bertz CT molecular complexity index is 533. The van der Waals surface area contributed by atoms with Crippen molar-refractivity contribution >= 4 is 33.2 Å². The van der Waals surface area contributed by atoms with E-state index in [2.05, 4.69) is 21.2 Å². The molecule has 0 fully saturated rings. The summed E-state index contributed by atoms with van der Waals surface area (Å²) in [6.45, 7) is 0.952. The van der Waals surface area contributed by atoms with Gasteiger partial charge in [-0.15, -0.1) is 0 Å². The second-order valence-electron chi connectivity index (χ2n) is 4.25. The number of aliphatic hydroxyl groups is 1. The van der Waals surface area contributed by atoms with Gasteiger partial charge in [0.15, 0.2) is 0 Å². The molecule has 0 radical (unpaired) electrons. The Morgan fingerprint density at radius 1 is 1.40 bits per heavy atom. The summed E-state index contributed by atoms with van der Waals surface area (Å²) in [6, 6.07) is 9.06. The van der Waals surface area contributed by atoms with Gasteiger partial charge in [0.1, 0.15) is 12.4 Å². The van der Waals surface area contributed by atoms with E-state index in [1.165, 1.54) is 0 Å². The van der Waals surface area contributed by atoms with Crippen LogP contribution in [0.4, 0.5) is 5.69 Å². The molecular formula is C14H15BrClNO3. The normalized spacial score (nSPS) is 12.3. The Hall–Kier alpha value is -1.01. The van der Waals surface area contributed by atoms with Crippen LogP contribution in [0.5, 0.6) is 0 Å². The van der Waals surface area contributed by atoms with E-state index in [0.29, 0.717) is 18.2 Å². The van der Waals surface area contributed by atoms with Crippen molar-refractivity contribution in [3.05, 3.63) is 51.9 Å². The molecule has 2 N–H and O–H groups in total. The lowest BCUT2D eigenvalue weighted by atomic mass is 10.3. The molecule has 6 heteroatoms. The fraction of sp³-hybridized carbons (Fsp3) is 0.286. The average Bonchev–Trinajstić information content (AvgIpc) is 2.93. The second kappa shape index (κ2) is 7.69. The van der Waals surface area contributed by atoms with Crippen molar-refractivity contribution in [1.82, 2.24) is 0 Å². The molecule has 0 aliphatic rings. The zero-order valence-corrected chi connectivity index (χ0v) is 13.0. The molecule has 0 saturated heterocycles. The Morgan fingerprint density at radius 2 is 2.25 bits per heavy atom. The molecule has 0 saturated carbocycles. The van der Waals surface area contributed by atoms with Gasteiger partial charge in [-0.2, -0.15) is 0 Å². The number of halogens is 2. The fourth-order valence-electron chi connectivity index (χ4n) is 1.61. The molecule has 0 spiro atoms. The largest absolute Gasteiger partial charge is 0.467 e. The van der Waals surface area contributed by atoms with E-state index in [4.69, 9.17) is 20.8 Å². The van der Waals surface area contributed by atoms with Crippen LogP contribution in [0.1, 0.15) is 5.76 Å². The van der Waals surface area contributed by atoms with Gasteiger partial charge in [-0.25, -0.2) is 0 Å². The third kappa shape index (κ3) is 4.83. The van der Waals surface area contributed by atoms with E-state index in [0.717, 1.165) is 15.9 Å². The van der Waals surface area contributed by atoms with E-state index < -0.39 is 6.10 Å². The zero-order valence-electron chi connectivity index (χ0n) is 10.7. The molecule has 0 aliphatic heterocycles. The van der Waals surface area contributed by atoms with Crippen LogP contribution in [-0.2, 0) is 11.3 Å². The number of hydrogen-bond donors (Lipinski definition) is 2. The van der Waals surface area contributed by atoms with Gasteiger partial charge in [-0.3, -0.25) is 0 Å². The van der Waals surface area contributed by atoms with Crippen molar-refractivity contribution in [2.45, 2.75) is 12.7 Å². The Kier molecular flexibility index (Phi) is 5.91. The van der Waals surface area contributed by atoms with Crippen LogP contribution in [0, 0.1) is 0 Å². The molecule has 1 heterocycles. The lowest BCUT2D eigenvalue weighted by Gasteiger charge is -2.14. The van der Waals surface area contributed by atoms with Crippen molar-refractivity contribution in [3.8, 4) is 0 Å². The van der Waals surface area contributed by atoms with E-state index in [1.54, 1.807) is 24.5 Å². The van der Waals surface area contributed by atoms with E-state index in [9.17, 15) is 5.11 Å². The summed E-state index contributed by atoms with van der Waals surface area (Å²) in [6.07, 6.45) is 0.976. The smallest absolute Gasteiger partial charge is 0.129 e. The molecule has 1 atom stereocenters. The third-order valence-corrected chi connectivity index (χ3v) is 3.52. The van der Waals surface area contributed by atoms with Gasteiger partial charge in [-0.1, -0.05) is 11.6 Å². The molecule has 1 aromatic carbocycles. The van der Waals surface area contributed by atoms with E-state index in [-0.39, 0.29) is 6.61 Å². The van der Waals surface area contributed by atoms with E-state index in [1.807, 2.05) is 12.1 Å². The van der Waals surface area contributed by atoms with E-state index >= 15 is 0 Å². The first kappa shape index (κ1) is 15.4. The number of hydrogen-bond acceptors (Lipinski definition) is 4. The number of furan rings is 1. The average molecular weight is 361 g/mol. The van der Waals surface area contributed by atoms with Crippen LogP contribution in [0.2, 0.25) is 5.02 Å². The highest BCUT2D eigenvalue weighted by atomic mass is 79.9. The van der Waals surface area contributed by atoms with Crippen molar-refractivity contribution in [3.63, 3.8) is 0 Å². The molecule has 0 aliphatic carbocycles. The van der Waals surface area contributed by atoms with Gasteiger partial charge in [0.25, 0.3) is 0 Å². The minimum atomic E-state index is -0.615. The lowest BCUT2D eigenvalue weighted by molar-refractivity contribution is 0.0282. The monoisotopic (exact) mass is 359 g/mol. The van der Waals surface area contributed by atoms with Crippen molar-refractivity contribution in [2.24, 2.45) is 0 Å². The summed E-state index contributed by atoms with van der Waals surface area (Å²) in [5, 5.41) is 13.6. The molecule has 0 bridgehead atoms. The number of rotatable bonds is 7. The van der Waals surface area contributed by atoms with Crippen LogP contribution in [0.15, 0.2) is 45.5 Å². The highest BCUT2D eigenvalue weighted by Crippen LogP contribution is 2.25. The quantitative estimate of drug-likeness (QED) is 0.791. The minimum absolute atomic E-state index is 0.228. The first-order chi connectivity index (χ1) is 9.65. The molecule has 20 heavy (non-hydrogen) atoms. The molecule has 1 aromatic heterocycles. The molecule has 2 aromatic rings. The summed E-state index contributed by atoms with van der Waals surface area (Å²) in [7, 11) is 0. The summed E-state index contributed by atoms with van der Waals surface area (Å²) >= 11 is 9.33. The fourth-order valence-corrected chi connectivity index (χ4v) is 2.17. The van der Waals surface area contributed by atoms with Crippen LogP contribution >= 0.6 is 27.5 Å². The standard InChI is InChI=1S/C14H15BrClNO3/c15-13-4-3-10(16)6-14(13)17-7-11(18)8-19-9-12-2-1-5-20-12/h1-6,11,17-18H,7-9H2. The summed E-state index contributed by atoms with van der Waals surface area (Å²) in [5.41, 5.74) is 0.836. The number of benzene rings is 1. The molecule has 2 rings (SSSR count). The molecule has 1 unspecified atom stereocenters. The Labute approximate surface area is 130 Å². The summed E-state index contributed by atoms with van der Waals surface area (Å²) in [4.78, 5) is 0. The number of ether oxygens (including phenoxy) is 1. The zero-order chi connectivity index (χ0) is 14.4. The van der Waals surface area contributed by atoms with Gasteiger partial charge in [0.05, 0.1) is 19.0 Å². The molecule has 0 amide bonds. The first-order valence-corrected chi connectivity index (χ1v) is 7.29. The second-order valence-corrected chi connectivity index (χ2v) is 5.54. The van der Waals surface area contributed by atoms with Crippen LogP contribution in [0.25, 0.3) is 0 Å². The highest BCUT2D eigenvalue weighted by Gasteiger charge is 2.07. The molecule has 108 valence electrons. The van der Waals surface area contributed by atoms with Gasteiger partial charge in [0, 0.05) is 21.7 Å². The van der Waals surface area contributed by atoms with Gasteiger partial charge in [0.2, 0.25) is 0 Å². The summed E-state index contributed by atoms with van der Waals surface area (Å²) in [5.74, 6) is 0.739.